The van der Waals surface area contributed by atoms with Crippen LogP contribution < -0.4 is 14.2 Å². The van der Waals surface area contributed by atoms with E-state index in [4.69, 9.17) is 9.47 Å². The quantitative estimate of drug-likeness (QED) is 0.877. The van der Waals surface area contributed by atoms with Gasteiger partial charge in [0.2, 0.25) is 0 Å². The van der Waals surface area contributed by atoms with E-state index in [1.807, 2.05) is 0 Å². The van der Waals surface area contributed by atoms with Gasteiger partial charge < -0.3 is 9.47 Å². The van der Waals surface area contributed by atoms with Crippen LogP contribution in [-0.2, 0) is 10.0 Å². The Balaban J connectivity index is 2.27. The fourth-order valence-electron chi connectivity index (χ4n) is 2.07. The summed E-state index contributed by atoms with van der Waals surface area (Å²) in [5, 5.41) is 0. The molecule has 0 spiro atoms. The molecule has 5 nitrogen and oxygen atoms in total. The average Bonchev–Trinajstić information content (AvgIpc) is 2.49. The topological polar surface area (TPSA) is 64.6 Å². The molecule has 0 aromatic heterocycles. The summed E-state index contributed by atoms with van der Waals surface area (Å²) in [4.78, 5) is 0.0742. The second-order valence-electron chi connectivity index (χ2n) is 4.82. The fraction of sp³-hybridized carbons (Fsp3) is 0.250. The highest BCUT2D eigenvalue weighted by Crippen LogP contribution is 2.25. The Bertz CT molecular complexity index is 806. The highest BCUT2D eigenvalue weighted by atomic mass is 32.2. The van der Waals surface area contributed by atoms with E-state index < -0.39 is 15.8 Å². The van der Waals surface area contributed by atoms with Crippen molar-refractivity contribution in [1.29, 1.82) is 0 Å². The molecule has 0 atom stereocenters. The van der Waals surface area contributed by atoms with Crippen LogP contribution >= 0.6 is 0 Å². The lowest BCUT2D eigenvalue weighted by atomic mass is 10.2. The number of sulfonamides is 1. The third-order valence-corrected chi connectivity index (χ3v) is 4.54. The van der Waals surface area contributed by atoms with Gasteiger partial charge in [0, 0.05) is 6.07 Å². The van der Waals surface area contributed by atoms with Crippen LogP contribution in [0.3, 0.4) is 0 Å². The minimum absolute atomic E-state index is 0.0742. The number of nitrogens with one attached hydrogen (secondary N) is 1. The van der Waals surface area contributed by atoms with E-state index in [9.17, 15) is 12.8 Å². The van der Waals surface area contributed by atoms with E-state index in [0.717, 1.165) is 6.07 Å². The lowest BCUT2D eigenvalue weighted by Gasteiger charge is -2.11. The molecule has 0 aliphatic carbocycles. The number of hydrogen-bond donors (Lipinski definition) is 1. The van der Waals surface area contributed by atoms with Crippen molar-refractivity contribution < 1.29 is 22.3 Å². The summed E-state index contributed by atoms with van der Waals surface area (Å²) in [6, 6.07) is 8.41. The number of anilines is 1. The van der Waals surface area contributed by atoms with Gasteiger partial charge in [-0.1, -0.05) is 0 Å². The highest BCUT2D eigenvalue weighted by Gasteiger charge is 2.16. The van der Waals surface area contributed by atoms with Gasteiger partial charge in [-0.05, 0) is 49.7 Å². The van der Waals surface area contributed by atoms with Crippen LogP contribution in [-0.4, -0.2) is 22.1 Å². The van der Waals surface area contributed by atoms with Crippen LogP contribution in [0, 0.1) is 12.7 Å². The fourth-order valence-corrected chi connectivity index (χ4v) is 3.20. The molecule has 2 aromatic carbocycles. The first-order chi connectivity index (χ1) is 10.9. The van der Waals surface area contributed by atoms with Crippen molar-refractivity contribution in [3.05, 3.63) is 47.8 Å². The third kappa shape index (κ3) is 3.92. The van der Waals surface area contributed by atoms with Gasteiger partial charge in [0.1, 0.15) is 5.75 Å². The molecule has 0 aliphatic heterocycles. The number of methoxy groups -OCH3 is 1. The van der Waals surface area contributed by atoms with Crippen LogP contribution in [0.5, 0.6) is 11.5 Å². The maximum absolute atomic E-state index is 13.8. The minimum atomic E-state index is -3.82. The molecule has 0 fully saturated rings. The Morgan fingerprint density at radius 1 is 1.13 bits per heavy atom. The van der Waals surface area contributed by atoms with Crippen molar-refractivity contribution in [1.82, 2.24) is 0 Å². The predicted octanol–water partition coefficient (Wildman–Crippen LogP) is 3.34. The number of benzene rings is 2. The summed E-state index contributed by atoms with van der Waals surface area (Å²) in [6.07, 6.45) is 0. The zero-order valence-corrected chi connectivity index (χ0v) is 13.9. The summed E-state index contributed by atoms with van der Waals surface area (Å²) in [5.41, 5.74) is 0.813. The molecule has 0 saturated heterocycles. The summed E-state index contributed by atoms with van der Waals surface area (Å²) in [7, 11) is -2.30. The van der Waals surface area contributed by atoms with Crippen molar-refractivity contribution >= 4 is 15.7 Å². The van der Waals surface area contributed by atoms with E-state index in [-0.39, 0.29) is 16.3 Å². The standard InChI is InChI=1S/C16H18FNO4S/c1-4-22-16-7-5-12(10-14(16)17)18-23(19,20)13-6-8-15(21-3)11(2)9-13/h5-10,18H,4H2,1-3H3. The SMILES string of the molecule is CCOc1ccc(NS(=O)(=O)c2ccc(OC)c(C)c2)cc1F. The zero-order chi connectivity index (χ0) is 17.0. The second kappa shape index (κ2) is 6.87. The maximum Gasteiger partial charge on any atom is 0.261 e. The number of aryl methyl sites for hydroxylation is 1. The van der Waals surface area contributed by atoms with E-state index in [1.165, 1.54) is 31.4 Å². The zero-order valence-electron chi connectivity index (χ0n) is 13.1. The highest BCUT2D eigenvalue weighted by molar-refractivity contribution is 7.92. The molecule has 0 bridgehead atoms. The average molecular weight is 339 g/mol. The van der Waals surface area contributed by atoms with Gasteiger partial charge in [-0.2, -0.15) is 0 Å². The lowest BCUT2D eigenvalue weighted by Crippen LogP contribution is -2.13. The molecule has 0 heterocycles. The molecule has 0 aliphatic rings. The number of rotatable bonds is 6. The number of hydrogen-bond acceptors (Lipinski definition) is 4. The molecule has 2 aromatic rings. The number of halogens is 1. The lowest BCUT2D eigenvalue weighted by molar-refractivity contribution is 0.321. The molecular formula is C16H18FNO4S. The van der Waals surface area contributed by atoms with E-state index >= 15 is 0 Å². The van der Waals surface area contributed by atoms with E-state index in [0.29, 0.717) is 17.9 Å². The van der Waals surface area contributed by atoms with Crippen LogP contribution in [0.2, 0.25) is 0 Å². The normalized spacial score (nSPS) is 11.1. The van der Waals surface area contributed by atoms with Crippen molar-refractivity contribution in [2.24, 2.45) is 0 Å². The first-order valence-corrected chi connectivity index (χ1v) is 8.45. The van der Waals surface area contributed by atoms with E-state index in [2.05, 4.69) is 4.72 Å². The smallest absolute Gasteiger partial charge is 0.261 e. The molecule has 0 saturated carbocycles. The van der Waals surface area contributed by atoms with Crippen LogP contribution in [0.25, 0.3) is 0 Å². The molecule has 124 valence electrons. The van der Waals surface area contributed by atoms with Gasteiger partial charge in [-0.3, -0.25) is 4.72 Å². The van der Waals surface area contributed by atoms with Crippen molar-refractivity contribution in [3.63, 3.8) is 0 Å². The van der Waals surface area contributed by atoms with Gasteiger partial charge in [-0.25, -0.2) is 12.8 Å². The Kier molecular flexibility index (Phi) is 5.10. The largest absolute Gasteiger partial charge is 0.496 e. The van der Waals surface area contributed by atoms with Gasteiger partial charge in [0.25, 0.3) is 10.0 Å². The number of ether oxygens (including phenoxy) is 2. The van der Waals surface area contributed by atoms with Crippen LogP contribution in [0.4, 0.5) is 10.1 Å². The molecule has 7 heteroatoms. The molecule has 0 radical (unpaired) electrons. The first-order valence-electron chi connectivity index (χ1n) is 6.97. The molecular weight excluding hydrogens is 321 g/mol. The minimum Gasteiger partial charge on any atom is -0.496 e. The van der Waals surface area contributed by atoms with Crippen LogP contribution in [0.1, 0.15) is 12.5 Å². The maximum atomic E-state index is 13.8. The van der Waals surface area contributed by atoms with Crippen molar-refractivity contribution in [2.75, 3.05) is 18.4 Å². The van der Waals surface area contributed by atoms with Crippen molar-refractivity contribution in [3.8, 4) is 11.5 Å². The third-order valence-electron chi connectivity index (χ3n) is 3.16. The molecule has 0 amide bonds. The van der Waals surface area contributed by atoms with E-state index in [1.54, 1.807) is 19.9 Å². The van der Waals surface area contributed by atoms with Gasteiger partial charge in [-0.15, -0.1) is 0 Å². The summed E-state index contributed by atoms with van der Waals surface area (Å²) in [5.74, 6) is 0.0461. The van der Waals surface area contributed by atoms with Gasteiger partial charge in [0.05, 0.1) is 24.3 Å². The first kappa shape index (κ1) is 17.1. The summed E-state index contributed by atoms with van der Waals surface area (Å²) >= 11 is 0. The molecule has 0 unspecified atom stereocenters. The Morgan fingerprint density at radius 3 is 2.39 bits per heavy atom. The summed E-state index contributed by atoms with van der Waals surface area (Å²) < 4.78 is 51.1. The second-order valence-corrected chi connectivity index (χ2v) is 6.50. The molecule has 23 heavy (non-hydrogen) atoms. The Hall–Kier alpha value is -2.28. The summed E-state index contributed by atoms with van der Waals surface area (Å²) in [6.45, 7) is 3.81. The Morgan fingerprint density at radius 2 is 1.83 bits per heavy atom. The molecule has 1 N–H and O–H groups in total. The van der Waals surface area contributed by atoms with Crippen molar-refractivity contribution in [2.45, 2.75) is 18.7 Å². The Labute approximate surface area is 135 Å². The van der Waals surface area contributed by atoms with Gasteiger partial charge >= 0.3 is 0 Å². The van der Waals surface area contributed by atoms with Crippen LogP contribution in [0.15, 0.2) is 41.3 Å². The van der Waals surface area contributed by atoms with Gasteiger partial charge in [0.15, 0.2) is 11.6 Å². The molecule has 2 rings (SSSR count). The predicted molar refractivity (Wildman–Crippen MR) is 86.1 cm³/mol. The monoisotopic (exact) mass is 339 g/mol.